The van der Waals surface area contributed by atoms with Crippen molar-refractivity contribution in [2.45, 2.75) is 38.3 Å². The van der Waals surface area contributed by atoms with E-state index in [-0.39, 0.29) is 18.3 Å². The van der Waals surface area contributed by atoms with E-state index in [4.69, 9.17) is 10.9 Å². The van der Waals surface area contributed by atoms with Crippen molar-refractivity contribution in [1.29, 1.82) is 0 Å². The predicted octanol–water partition coefficient (Wildman–Crippen LogP) is 1.66. The molecule has 0 saturated heterocycles. The molecule has 21 heavy (non-hydrogen) atoms. The van der Waals surface area contributed by atoms with Crippen molar-refractivity contribution in [3.05, 3.63) is 35.1 Å². The van der Waals surface area contributed by atoms with Crippen LogP contribution in [0.3, 0.4) is 0 Å². The van der Waals surface area contributed by atoms with Gasteiger partial charge in [-0.05, 0) is 18.9 Å². The van der Waals surface area contributed by atoms with E-state index in [1.165, 1.54) is 18.9 Å². The lowest BCUT2D eigenvalue weighted by Gasteiger charge is -2.28. The molecule has 1 aliphatic rings. The first-order valence-electron chi connectivity index (χ1n) is 7.27. The smallest absolute Gasteiger partial charge is 0.170 e. The number of hydrogen-bond acceptors (Lipinski definition) is 4. The lowest BCUT2D eigenvalue weighted by molar-refractivity contribution is 0.143. The molecule has 4 N–H and O–H groups in total. The van der Waals surface area contributed by atoms with Crippen LogP contribution in [-0.4, -0.2) is 40.2 Å². The second kappa shape index (κ2) is 7.38. The van der Waals surface area contributed by atoms with Crippen LogP contribution in [0, 0.1) is 5.82 Å². The zero-order chi connectivity index (χ0) is 15.2. The van der Waals surface area contributed by atoms with Crippen molar-refractivity contribution in [1.82, 2.24) is 4.90 Å². The summed E-state index contributed by atoms with van der Waals surface area (Å²) in [5, 5.41) is 20.7. The van der Waals surface area contributed by atoms with Crippen LogP contribution in [0.1, 0.15) is 36.8 Å². The number of rotatable bonds is 6. The number of halogens is 1. The average molecular weight is 295 g/mol. The molecule has 1 aromatic rings. The Morgan fingerprint density at radius 3 is 2.67 bits per heavy atom. The topological polar surface area (TPSA) is 82.1 Å². The number of aliphatic hydroxyl groups excluding tert-OH is 1. The number of nitrogens with two attached hydrogens (primary N) is 1. The van der Waals surface area contributed by atoms with Gasteiger partial charge in [0.05, 0.1) is 6.61 Å². The maximum absolute atomic E-state index is 14.2. The van der Waals surface area contributed by atoms with Gasteiger partial charge in [0.1, 0.15) is 5.82 Å². The molecule has 1 aliphatic carbocycles. The fourth-order valence-corrected chi connectivity index (χ4v) is 2.90. The third-order valence-electron chi connectivity index (χ3n) is 4.06. The highest BCUT2D eigenvalue weighted by molar-refractivity contribution is 5.97. The van der Waals surface area contributed by atoms with Crippen molar-refractivity contribution in [3.63, 3.8) is 0 Å². The fourth-order valence-electron chi connectivity index (χ4n) is 2.90. The first-order chi connectivity index (χ1) is 10.2. The van der Waals surface area contributed by atoms with Crippen molar-refractivity contribution in [2.75, 3.05) is 13.2 Å². The van der Waals surface area contributed by atoms with Gasteiger partial charge in [-0.2, -0.15) is 0 Å². The van der Waals surface area contributed by atoms with Crippen LogP contribution in [0.15, 0.2) is 23.4 Å². The number of aliphatic hydroxyl groups is 1. The number of amidine groups is 1. The van der Waals surface area contributed by atoms with Crippen LogP contribution in [0.25, 0.3) is 0 Å². The van der Waals surface area contributed by atoms with Crippen molar-refractivity contribution >= 4 is 5.84 Å². The summed E-state index contributed by atoms with van der Waals surface area (Å²) in [7, 11) is 0. The van der Waals surface area contributed by atoms with Gasteiger partial charge in [0.15, 0.2) is 5.84 Å². The molecule has 0 bridgehead atoms. The standard InChI is InChI=1S/C15H22FN3O2/c16-14-9-11(15(17)18-21)5-6-12(14)10-19(7-8-20)13-3-1-2-4-13/h5-6,9,13,20-21H,1-4,7-8,10H2,(H2,17,18). The first kappa shape index (κ1) is 15.7. The molecule has 2 rings (SSSR count). The third kappa shape index (κ3) is 3.92. The Kier molecular flexibility index (Phi) is 5.52. The molecule has 0 atom stereocenters. The molecule has 6 heteroatoms. The maximum atomic E-state index is 14.2. The number of hydrogen-bond donors (Lipinski definition) is 3. The lowest BCUT2D eigenvalue weighted by atomic mass is 10.1. The molecule has 0 spiro atoms. The Labute approximate surface area is 123 Å². The first-order valence-corrected chi connectivity index (χ1v) is 7.27. The van der Waals surface area contributed by atoms with Crippen LogP contribution in [0.2, 0.25) is 0 Å². The second-order valence-corrected chi connectivity index (χ2v) is 5.42. The minimum absolute atomic E-state index is 0.0698. The van der Waals surface area contributed by atoms with Crippen molar-refractivity contribution < 1.29 is 14.7 Å². The average Bonchev–Trinajstić information content (AvgIpc) is 3.02. The molecule has 0 aromatic heterocycles. The number of nitrogens with zero attached hydrogens (tertiary/aromatic N) is 2. The Morgan fingerprint density at radius 2 is 2.10 bits per heavy atom. The molecule has 0 radical (unpaired) electrons. The summed E-state index contributed by atoms with van der Waals surface area (Å²) in [5.74, 6) is -0.483. The van der Waals surface area contributed by atoms with E-state index in [1.54, 1.807) is 12.1 Å². The van der Waals surface area contributed by atoms with Gasteiger partial charge in [-0.15, -0.1) is 0 Å². The van der Waals surface area contributed by atoms with Gasteiger partial charge in [-0.25, -0.2) is 4.39 Å². The summed E-state index contributed by atoms with van der Waals surface area (Å²) in [6.45, 7) is 1.08. The van der Waals surface area contributed by atoms with Gasteiger partial charge < -0.3 is 16.0 Å². The quantitative estimate of drug-likeness (QED) is 0.323. The van der Waals surface area contributed by atoms with Crippen LogP contribution >= 0.6 is 0 Å². The zero-order valence-electron chi connectivity index (χ0n) is 12.0. The van der Waals surface area contributed by atoms with E-state index in [0.717, 1.165) is 12.8 Å². The summed E-state index contributed by atoms with van der Waals surface area (Å²) < 4.78 is 14.2. The van der Waals surface area contributed by atoms with E-state index in [1.807, 2.05) is 0 Å². The summed E-state index contributed by atoms with van der Waals surface area (Å²) in [6.07, 6.45) is 4.59. The fraction of sp³-hybridized carbons (Fsp3) is 0.533. The minimum atomic E-state index is -0.375. The predicted molar refractivity (Wildman–Crippen MR) is 78.7 cm³/mol. The molecule has 0 amide bonds. The van der Waals surface area contributed by atoms with Gasteiger partial charge >= 0.3 is 0 Å². The van der Waals surface area contributed by atoms with Gasteiger partial charge in [0.2, 0.25) is 0 Å². The molecule has 1 saturated carbocycles. The molecule has 1 aromatic carbocycles. The molecule has 0 unspecified atom stereocenters. The summed E-state index contributed by atoms with van der Waals surface area (Å²) in [6, 6.07) is 4.98. The Hall–Kier alpha value is -1.66. The van der Waals surface area contributed by atoms with E-state index in [0.29, 0.717) is 30.3 Å². The molecular weight excluding hydrogens is 273 g/mol. The molecule has 116 valence electrons. The molecule has 5 nitrogen and oxygen atoms in total. The maximum Gasteiger partial charge on any atom is 0.170 e. The monoisotopic (exact) mass is 295 g/mol. The minimum Gasteiger partial charge on any atom is -0.409 e. The number of benzene rings is 1. The highest BCUT2D eigenvalue weighted by Gasteiger charge is 2.23. The van der Waals surface area contributed by atoms with Gasteiger partial charge in [-0.1, -0.05) is 30.1 Å². The highest BCUT2D eigenvalue weighted by atomic mass is 19.1. The molecule has 0 heterocycles. The Balaban J connectivity index is 2.12. The molecule has 1 fully saturated rings. The van der Waals surface area contributed by atoms with Gasteiger partial charge in [0, 0.05) is 30.3 Å². The summed E-state index contributed by atoms with van der Waals surface area (Å²) in [4.78, 5) is 2.13. The van der Waals surface area contributed by atoms with E-state index >= 15 is 0 Å². The van der Waals surface area contributed by atoms with Crippen LogP contribution in [0.5, 0.6) is 0 Å². The van der Waals surface area contributed by atoms with Crippen LogP contribution in [0.4, 0.5) is 4.39 Å². The highest BCUT2D eigenvalue weighted by Crippen LogP contribution is 2.25. The summed E-state index contributed by atoms with van der Waals surface area (Å²) >= 11 is 0. The zero-order valence-corrected chi connectivity index (χ0v) is 12.0. The normalized spacial score (nSPS) is 16.8. The third-order valence-corrected chi connectivity index (χ3v) is 4.06. The van der Waals surface area contributed by atoms with Crippen molar-refractivity contribution in [2.24, 2.45) is 10.9 Å². The van der Waals surface area contributed by atoms with E-state index in [2.05, 4.69) is 10.1 Å². The molecule has 0 aliphatic heterocycles. The van der Waals surface area contributed by atoms with Crippen LogP contribution < -0.4 is 5.73 Å². The molecular formula is C15H22FN3O2. The summed E-state index contributed by atoms with van der Waals surface area (Å²) in [5.41, 5.74) is 6.37. The van der Waals surface area contributed by atoms with Gasteiger partial charge in [0.25, 0.3) is 0 Å². The lowest BCUT2D eigenvalue weighted by Crippen LogP contribution is -2.35. The van der Waals surface area contributed by atoms with Gasteiger partial charge in [-0.3, -0.25) is 4.90 Å². The Bertz CT molecular complexity index is 502. The van der Waals surface area contributed by atoms with Crippen LogP contribution in [-0.2, 0) is 6.54 Å². The SMILES string of the molecule is NC(=NO)c1ccc(CN(CCO)C2CCCC2)c(F)c1. The number of oxime groups is 1. The van der Waals surface area contributed by atoms with Crippen molar-refractivity contribution in [3.8, 4) is 0 Å². The van der Waals surface area contributed by atoms with E-state index < -0.39 is 0 Å². The van der Waals surface area contributed by atoms with E-state index in [9.17, 15) is 9.50 Å². The second-order valence-electron chi connectivity index (χ2n) is 5.42. The largest absolute Gasteiger partial charge is 0.409 e. The Morgan fingerprint density at radius 1 is 1.38 bits per heavy atom.